The number of aromatic nitrogens is 3. The number of thiazole rings is 1. The minimum absolute atomic E-state index is 0.286. The van der Waals surface area contributed by atoms with Crippen LogP contribution in [0.3, 0.4) is 0 Å². The van der Waals surface area contributed by atoms with Gasteiger partial charge in [0.1, 0.15) is 12.4 Å². The highest BCUT2D eigenvalue weighted by molar-refractivity contribution is 7.99. The lowest BCUT2D eigenvalue weighted by Crippen LogP contribution is -2.20. The number of para-hydroxylation sites is 1. The fourth-order valence-corrected chi connectivity index (χ4v) is 5.77. The molecule has 0 aliphatic heterocycles. The molecule has 0 aliphatic rings. The number of H-pyrrole nitrogens is 1. The number of benzene rings is 3. The Morgan fingerprint density at radius 2 is 1.71 bits per heavy atom. The number of rotatable bonds is 10. The van der Waals surface area contributed by atoms with Crippen LogP contribution in [0.4, 0.5) is 4.39 Å². The second kappa shape index (κ2) is 11.0. The quantitative estimate of drug-likeness (QED) is 0.145. The monoisotopic (exact) mass is 549 g/mol. The van der Waals surface area contributed by atoms with Gasteiger partial charge in [0.25, 0.3) is 5.19 Å². The molecule has 0 saturated heterocycles. The van der Waals surface area contributed by atoms with Crippen molar-refractivity contribution in [3.63, 3.8) is 0 Å². The van der Waals surface area contributed by atoms with E-state index in [1.807, 2.05) is 42.5 Å². The van der Waals surface area contributed by atoms with Gasteiger partial charge in [-0.3, -0.25) is 0 Å². The van der Waals surface area contributed by atoms with Gasteiger partial charge in [0, 0.05) is 16.7 Å². The van der Waals surface area contributed by atoms with Gasteiger partial charge in [-0.25, -0.2) is 14.4 Å². The van der Waals surface area contributed by atoms with Crippen molar-refractivity contribution in [1.29, 1.82) is 0 Å². The molecular weight excluding hydrogens is 521 g/mol. The summed E-state index contributed by atoms with van der Waals surface area (Å²) in [6, 6.07) is 20.3. The van der Waals surface area contributed by atoms with E-state index < -0.39 is 5.41 Å². The molecule has 0 fully saturated rings. The Kier molecular flexibility index (Phi) is 7.58. The van der Waals surface area contributed by atoms with Gasteiger partial charge in [-0.05, 0) is 54.1 Å². The molecule has 38 heavy (non-hydrogen) atoms. The Morgan fingerprint density at radius 3 is 2.45 bits per heavy atom. The van der Waals surface area contributed by atoms with Gasteiger partial charge in [-0.2, -0.15) is 0 Å². The maximum Gasteiger partial charge on any atom is 0.274 e. The lowest BCUT2D eigenvalue weighted by Gasteiger charge is -2.26. The molecule has 0 bridgehead atoms. The van der Waals surface area contributed by atoms with Crippen LogP contribution in [-0.2, 0) is 5.41 Å². The van der Waals surface area contributed by atoms with Crippen LogP contribution in [0.25, 0.3) is 21.5 Å². The zero-order valence-corrected chi connectivity index (χ0v) is 23.2. The summed E-state index contributed by atoms with van der Waals surface area (Å²) in [5.41, 5.74) is 4.04. The summed E-state index contributed by atoms with van der Waals surface area (Å²) in [6.45, 7) is 4.74. The number of aromatic amines is 1. The molecular formula is C29H28FN3O3S2. The van der Waals surface area contributed by atoms with Crippen LogP contribution in [-0.4, -0.2) is 41.5 Å². The Balaban J connectivity index is 1.39. The second-order valence-electron chi connectivity index (χ2n) is 9.11. The maximum absolute atomic E-state index is 13.7. The predicted octanol–water partition coefficient (Wildman–Crippen LogP) is 7.34. The Morgan fingerprint density at radius 1 is 0.947 bits per heavy atom. The molecule has 5 rings (SSSR count). The lowest BCUT2D eigenvalue weighted by atomic mass is 9.79. The molecule has 2 heterocycles. The first-order valence-corrected chi connectivity index (χ1v) is 13.9. The zero-order chi connectivity index (χ0) is 26.7. The fourth-order valence-electron chi connectivity index (χ4n) is 4.24. The summed E-state index contributed by atoms with van der Waals surface area (Å²) < 4.78 is 31.7. The number of hydrogen-bond donors (Lipinski definition) is 1. The fraction of sp³-hybridized carbons (Fsp3) is 0.241. The SMILES string of the molecule is COc1ccc(C(C)(C)c2[nH]c(SCCOc3nc4ccccc4s3)nc2-c2ccc(F)cc2)cc1OC. The smallest absolute Gasteiger partial charge is 0.274 e. The highest BCUT2D eigenvalue weighted by atomic mass is 32.2. The molecule has 0 spiro atoms. The number of fused-ring (bicyclic) bond motifs is 1. The third-order valence-corrected chi connectivity index (χ3v) is 8.14. The first-order chi connectivity index (χ1) is 18.4. The standard InChI is InChI=1S/C29H28FN3O3S2/c1-29(2,19-11-14-22(34-3)23(17-19)35-4)26-25(18-9-12-20(30)13-10-18)32-27(33-26)37-16-15-36-28-31-21-7-5-6-8-24(21)38-28/h5-14,17H,15-16H2,1-4H3,(H,32,33). The van der Waals surface area contributed by atoms with Crippen molar-refractivity contribution in [2.24, 2.45) is 0 Å². The Labute approximate surface area is 229 Å². The van der Waals surface area contributed by atoms with E-state index in [0.717, 1.165) is 37.9 Å². The number of ether oxygens (including phenoxy) is 3. The number of thioether (sulfide) groups is 1. The first kappa shape index (κ1) is 26.1. The van der Waals surface area contributed by atoms with Crippen molar-refractivity contribution in [3.8, 4) is 28.0 Å². The summed E-state index contributed by atoms with van der Waals surface area (Å²) in [5.74, 6) is 1.72. The van der Waals surface area contributed by atoms with Crippen LogP contribution in [0.2, 0.25) is 0 Å². The predicted molar refractivity (Wildman–Crippen MR) is 151 cm³/mol. The van der Waals surface area contributed by atoms with Gasteiger partial charge in [0.2, 0.25) is 0 Å². The highest BCUT2D eigenvalue weighted by Gasteiger charge is 2.31. The molecule has 1 N–H and O–H groups in total. The van der Waals surface area contributed by atoms with E-state index >= 15 is 0 Å². The van der Waals surface area contributed by atoms with Crippen molar-refractivity contribution in [2.45, 2.75) is 24.4 Å². The lowest BCUT2D eigenvalue weighted by molar-refractivity contribution is 0.342. The van der Waals surface area contributed by atoms with E-state index in [9.17, 15) is 4.39 Å². The van der Waals surface area contributed by atoms with Crippen LogP contribution in [0.5, 0.6) is 16.7 Å². The van der Waals surface area contributed by atoms with Crippen molar-refractivity contribution >= 4 is 33.3 Å². The number of nitrogens with zero attached hydrogens (tertiary/aromatic N) is 2. The van der Waals surface area contributed by atoms with E-state index in [1.54, 1.807) is 38.1 Å². The molecule has 0 radical (unpaired) electrons. The summed E-state index contributed by atoms with van der Waals surface area (Å²) in [6.07, 6.45) is 0. The molecule has 5 aromatic rings. The summed E-state index contributed by atoms with van der Waals surface area (Å²) in [7, 11) is 3.24. The largest absolute Gasteiger partial charge is 0.493 e. The highest BCUT2D eigenvalue weighted by Crippen LogP contribution is 2.41. The molecule has 0 aliphatic carbocycles. The van der Waals surface area contributed by atoms with E-state index in [2.05, 4.69) is 23.8 Å². The van der Waals surface area contributed by atoms with Gasteiger partial charge in [-0.1, -0.05) is 55.1 Å². The normalized spacial score (nSPS) is 11.6. The van der Waals surface area contributed by atoms with Crippen LogP contribution < -0.4 is 14.2 Å². The van der Waals surface area contributed by atoms with Crippen LogP contribution in [0, 0.1) is 5.82 Å². The Bertz CT molecular complexity index is 1510. The molecule has 9 heteroatoms. The van der Waals surface area contributed by atoms with E-state index in [0.29, 0.717) is 29.1 Å². The average molecular weight is 550 g/mol. The van der Waals surface area contributed by atoms with Crippen LogP contribution in [0.1, 0.15) is 25.1 Å². The van der Waals surface area contributed by atoms with Crippen LogP contribution >= 0.6 is 23.1 Å². The molecule has 0 unspecified atom stereocenters. The number of nitrogens with one attached hydrogen (secondary N) is 1. The molecule has 0 atom stereocenters. The van der Waals surface area contributed by atoms with Gasteiger partial charge in [0.05, 0.1) is 35.8 Å². The van der Waals surface area contributed by atoms with E-state index in [1.165, 1.54) is 23.5 Å². The number of imidazole rings is 1. The van der Waals surface area contributed by atoms with Gasteiger partial charge >= 0.3 is 0 Å². The third kappa shape index (κ3) is 5.35. The van der Waals surface area contributed by atoms with E-state index in [4.69, 9.17) is 19.2 Å². The summed E-state index contributed by atoms with van der Waals surface area (Å²) in [4.78, 5) is 13.0. The van der Waals surface area contributed by atoms with Crippen LogP contribution in [0.15, 0.2) is 71.9 Å². The van der Waals surface area contributed by atoms with Crippen molar-refractivity contribution < 1.29 is 18.6 Å². The van der Waals surface area contributed by atoms with Crippen molar-refractivity contribution in [3.05, 3.63) is 83.8 Å². The second-order valence-corrected chi connectivity index (χ2v) is 11.2. The molecule has 0 amide bonds. The number of halogens is 1. The number of methoxy groups -OCH3 is 2. The van der Waals surface area contributed by atoms with Gasteiger partial charge in [0.15, 0.2) is 16.7 Å². The Hall–Kier alpha value is -3.56. The molecule has 0 saturated carbocycles. The van der Waals surface area contributed by atoms with Gasteiger partial charge < -0.3 is 19.2 Å². The zero-order valence-electron chi connectivity index (χ0n) is 21.6. The topological polar surface area (TPSA) is 69.3 Å². The third-order valence-electron chi connectivity index (χ3n) is 6.35. The molecule has 2 aromatic heterocycles. The number of hydrogen-bond acceptors (Lipinski definition) is 7. The van der Waals surface area contributed by atoms with Gasteiger partial charge in [-0.15, -0.1) is 0 Å². The summed E-state index contributed by atoms with van der Waals surface area (Å²) >= 11 is 3.11. The molecule has 6 nitrogen and oxygen atoms in total. The molecule has 196 valence electrons. The minimum Gasteiger partial charge on any atom is -0.493 e. The van der Waals surface area contributed by atoms with Crippen molar-refractivity contribution in [1.82, 2.24) is 15.0 Å². The maximum atomic E-state index is 13.7. The minimum atomic E-state index is -0.466. The molecule has 3 aromatic carbocycles. The first-order valence-electron chi connectivity index (χ1n) is 12.1. The van der Waals surface area contributed by atoms with E-state index in [-0.39, 0.29) is 5.82 Å². The summed E-state index contributed by atoms with van der Waals surface area (Å²) in [5, 5.41) is 1.43. The van der Waals surface area contributed by atoms with Crippen molar-refractivity contribution in [2.75, 3.05) is 26.6 Å². The average Bonchev–Trinajstić information content (AvgIpc) is 3.55.